The molecule has 9 nitrogen and oxygen atoms in total. The van der Waals surface area contributed by atoms with E-state index in [0.717, 1.165) is 0 Å². The van der Waals surface area contributed by atoms with E-state index < -0.39 is 42.5 Å². The van der Waals surface area contributed by atoms with Crippen LogP contribution >= 0.6 is 0 Å². The van der Waals surface area contributed by atoms with Crippen molar-refractivity contribution in [2.45, 2.75) is 46.1 Å². The number of rotatable bonds is 6. The van der Waals surface area contributed by atoms with E-state index >= 15 is 0 Å². The molecule has 0 aromatic heterocycles. The Kier molecular flexibility index (Phi) is 7.92. The quantitative estimate of drug-likeness (QED) is 0.545. The van der Waals surface area contributed by atoms with Crippen molar-refractivity contribution < 1.29 is 33.8 Å². The van der Waals surface area contributed by atoms with Gasteiger partial charge < -0.3 is 14.6 Å². The van der Waals surface area contributed by atoms with Crippen molar-refractivity contribution in [3.05, 3.63) is 0 Å². The Hall–Kier alpha value is -2.32. The average molecular weight is 318 g/mol. The lowest BCUT2D eigenvalue weighted by Crippen LogP contribution is -2.50. The number of amides is 2. The molecule has 0 aromatic carbocycles. The average Bonchev–Trinajstić information content (AvgIpc) is 2.33. The zero-order valence-electron chi connectivity index (χ0n) is 13.2. The first-order valence-corrected chi connectivity index (χ1v) is 6.72. The fourth-order valence-corrected chi connectivity index (χ4v) is 1.29. The largest absolute Gasteiger partial charge is 0.481 e. The highest BCUT2D eigenvalue weighted by Gasteiger charge is 2.24. The highest BCUT2D eigenvalue weighted by atomic mass is 16.6. The molecule has 0 unspecified atom stereocenters. The van der Waals surface area contributed by atoms with Gasteiger partial charge in [0.2, 0.25) is 5.91 Å². The van der Waals surface area contributed by atoms with Crippen LogP contribution in [-0.4, -0.2) is 52.8 Å². The number of nitrogens with zero attached hydrogens (tertiary/aromatic N) is 1. The Morgan fingerprint density at radius 1 is 1.14 bits per heavy atom. The number of carboxylic acids is 1. The maximum Gasteiger partial charge on any atom is 0.426 e. The van der Waals surface area contributed by atoms with E-state index in [4.69, 9.17) is 9.84 Å². The third kappa shape index (κ3) is 9.56. The van der Waals surface area contributed by atoms with Crippen LogP contribution in [0.3, 0.4) is 0 Å². The summed E-state index contributed by atoms with van der Waals surface area (Å²) in [6, 6.07) is 0. The van der Waals surface area contributed by atoms with Gasteiger partial charge in [-0.1, -0.05) is 0 Å². The van der Waals surface area contributed by atoms with E-state index in [1.807, 2.05) is 0 Å². The third-order valence-electron chi connectivity index (χ3n) is 2.07. The first kappa shape index (κ1) is 19.7. The number of carboxylic acid groups (broad SMARTS) is 1. The van der Waals surface area contributed by atoms with E-state index in [2.05, 4.69) is 10.2 Å². The molecule has 0 aliphatic rings. The Labute approximate surface area is 128 Å². The summed E-state index contributed by atoms with van der Waals surface area (Å²) >= 11 is 0. The molecule has 0 spiro atoms. The van der Waals surface area contributed by atoms with Gasteiger partial charge in [0, 0.05) is 6.42 Å². The maximum absolute atomic E-state index is 11.9. The van der Waals surface area contributed by atoms with Crippen LogP contribution in [0.2, 0.25) is 0 Å². The van der Waals surface area contributed by atoms with Crippen molar-refractivity contribution >= 4 is 23.9 Å². The van der Waals surface area contributed by atoms with Gasteiger partial charge in [0.1, 0.15) is 12.1 Å². The summed E-state index contributed by atoms with van der Waals surface area (Å²) in [6.45, 7) is 6.07. The summed E-state index contributed by atoms with van der Waals surface area (Å²) in [5.41, 5.74) is 1.33. The van der Waals surface area contributed by atoms with Crippen LogP contribution in [0.1, 0.15) is 40.5 Å². The van der Waals surface area contributed by atoms with E-state index in [0.29, 0.717) is 5.01 Å². The number of nitrogens with one attached hydrogen (secondary N) is 1. The highest BCUT2D eigenvalue weighted by Crippen LogP contribution is 2.07. The number of aliphatic carboxylic acids is 1. The molecule has 22 heavy (non-hydrogen) atoms. The Bertz CT molecular complexity index is 429. The van der Waals surface area contributed by atoms with Crippen LogP contribution in [-0.2, 0) is 23.9 Å². The number of carbonyl (C=O) groups excluding carboxylic acids is 3. The Morgan fingerprint density at radius 2 is 1.73 bits per heavy atom. The lowest BCUT2D eigenvalue weighted by Gasteiger charge is -2.25. The van der Waals surface area contributed by atoms with Gasteiger partial charge in [0.05, 0.1) is 13.0 Å². The number of hydrazine groups is 1. The predicted octanol–water partition coefficient (Wildman–Crippen LogP) is 0.683. The van der Waals surface area contributed by atoms with Crippen LogP contribution < -0.4 is 5.43 Å². The molecule has 0 saturated carbocycles. The number of carbonyl (C=O) groups is 4. The minimum Gasteiger partial charge on any atom is -0.481 e. The number of esters is 1. The van der Waals surface area contributed by atoms with Gasteiger partial charge in [-0.15, -0.1) is 0 Å². The van der Waals surface area contributed by atoms with Crippen molar-refractivity contribution in [1.82, 2.24) is 10.4 Å². The zero-order valence-corrected chi connectivity index (χ0v) is 13.2. The fraction of sp³-hybridized carbons (Fsp3) is 0.692. The molecule has 0 heterocycles. The molecule has 2 amide bonds. The second kappa shape index (κ2) is 8.85. The molecule has 0 rings (SSSR count). The van der Waals surface area contributed by atoms with Crippen molar-refractivity contribution in [2.75, 3.05) is 13.2 Å². The first-order valence-electron chi connectivity index (χ1n) is 6.72. The van der Waals surface area contributed by atoms with Gasteiger partial charge >= 0.3 is 18.0 Å². The molecule has 0 aliphatic carbocycles. The van der Waals surface area contributed by atoms with Crippen molar-refractivity contribution in [2.24, 2.45) is 0 Å². The fourth-order valence-electron chi connectivity index (χ4n) is 1.29. The normalized spacial score (nSPS) is 10.5. The SMILES string of the molecule is CCOC(=O)CN(NC(=O)OC(C)(C)C)C(=O)CCC(=O)O. The minimum atomic E-state index is -1.17. The number of hydrogen-bond donors (Lipinski definition) is 2. The lowest BCUT2D eigenvalue weighted by molar-refractivity contribution is -0.151. The van der Waals surface area contributed by atoms with Crippen molar-refractivity contribution in [3.8, 4) is 0 Å². The molecule has 0 bridgehead atoms. The standard InChI is InChI=1S/C13H22N2O7/c1-5-21-11(19)8-15(9(16)6-7-10(17)18)14-12(20)22-13(2,3)4/h5-8H2,1-4H3,(H,14,20)(H,17,18). The van der Waals surface area contributed by atoms with Crippen LogP contribution in [0.25, 0.3) is 0 Å². The van der Waals surface area contributed by atoms with Crippen molar-refractivity contribution in [3.63, 3.8) is 0 Å². The van der Waals surface area contributed by atoms with Gasteiger partial charge in [0.25, 0.3) is 0 Å². The van der Waals surface area contributed by atoms with Gasteiger partial charge in [-0.3, -0.25) is 14.4 Å². The van der Waals surface area contributed by atoms with Gasteiger partial charge in [-0.25, -0.2) is 15.2 Å². The van der Waals surface area contributed by atoms with Crippen LogP contribution in [0, 0.1) is 0 Å². The van der Waals surface area contributed by atoms with Gasteiger partial charge in [0.15, 0.2) is 0 Å². The molecule has 0 fully saturated rings. The molecule has 2 N–H and O–H groups in total. The van der Waals surface area contributed by atoms with Crippen LogP contribution in [0.5, 0.6) is 0 Å². The topological polar surface area (TPSA) is 122 Å². The summed E-state index contributed by atoms with van der Waals surface area (Å²) < 4.78 is 9.66. The second-order valence-electron chi connectivity index (χ2n) is 5.29. The predicted molar refractivity (Wildman–Crippen MR) is 74.6 cm³/mol. The summed E-state index contributed by atoms with van der Waals surface area (Å²) in [5, 5.41) is 9.26. The molecule has 9 heteroatoms. The van der Waals surface area contributed by atoms with Crippen LogP contribution in [0.15, 0.2) is 0 Å². The summed E-state index contributed by atoms with van der Waals surface area (Å²) in [6.07, 6.45) is -1.72. The maximum atomic E-state index is 11.9. The van der Waals surface area contributed by atoms with E-state index in [9.17, 15) is 19.2 Å². The third-order valence-corrected chi connectivity index (χ3v) is 2.07. The summed E-state index contributed by atoms with van der Waals surface area (Å²) in [5.74, 6) is -2.63. The van der Waals surface area contributed by atoms with Crippen LogP contribution in [0.4, 0.5) is 4.79 Å². The highest BCUT2D eigenvalue weighted by molar-refractivity contribution is 5.86. The molecule has 0 radical (unpaired) electrons. The number of hydrogen-bond acceptors (Lipinski definition) is 6. The van der Waals surface area contributed by atoms with Gasteiger partial charge in [-0.05, 0) is 27.7 Å². The lowest BCUT2D eigenvalue weighted by atomic mass is 10.2. The second-order valence-corrected chi connectivity index (χ2v) is 5.29. The monoisotopic (exact) mass is 318 g/mol. The number of ether oxygens (including phenoxy) is 2. The van der Waals surface area contributed by atoms with Crippen molar-refractivity contribution in [1.29, 1.82) is 0 Å². The summed E-state index contributed by atoms with van der Waals surface area (Å²) in [7, 11) is 0. The Morgan fingerprint density at radius 3 is 2.18 bits per heavy atom. The van der Waals surface area contributed by atoms with Gasteiger partial charge in [-0.2, -0.15) is 0 Å². The minimum absolute atomic E-state index is 0.114. The van der Waals surface area contributed by atoms with E-state index in [1.165, 1.54) is 0 Å². The zero-order chi connectivity index (χ0) is 17.3. The Balaban J connectivity index is 4.77. The molecule has 0 aliphatic heterocycles. The molecule has 0 saturated heterocycles. The molecule has 126 valence electrons. The molecule has 0 atom stereocenters. The molecular formula is C13H22N2O7. The first-order chi connectivity index (χ1) is 10.0. The molecular weight excluding hydrogens is 296 g/mol. The molecule has 0 aromatic rings. The van der Waals surface area contributed by atoms with E-state index in [-0.39, 0.29) is 13.0 Å². The van der Waals surface area contributed by atoms with E-state index in [1.54, 1.807) is 27.7 Å². The summed E-state index contributed by atoms with van der Waals surface area (Å²) in [4.78, 5) is 45.5. The smallest absolute Gasteiger partial charge is 0.426 e.